The summed E-state index contributed by atoms with van der Waals surface area (Å²) in [5.74, 6) is -0.199. The third-order valence-corrected chi connectivity index (χ3v) is 3.79. The van der Waals surface area contributed by atoms with Crippen molar-refractivity contribution in [3.05, 3.63) is 72.1 Å². The van der Waals surface area contributed by atoms with Crippen molar-refractivity contribution in [3.63, 3.8) is 0 Å². The van der Waals surface area contributed by atoms with E-state index in [0.717, 1.165) is 11.1 Å². The van der Waals surface area contributed by atoms with Crippen LogP contribution in [0.4, 0.5) is 17.1 Å². The minimum atomic E-state index is -0.426. The van der Waals surface area contributed by atoms with E-state index in [2.05, 4.69) is 15.0 Å². The number of nitrogens with two attached hydrogens (primary N) is 4. The first-order chi connectivity index (χ1) is 17.4. The summed E-state index contributed by atoms with van der Waals surface area (Å²) in [6, 6.07) is 7.13. The molecular formula is C27H42N8O3. The second-order valence-corrected chi connectivity index (χ2v) is 8.48. The van der Waals surface area contributed by atoms with Crippen LogP contribution in [-0.2, 0) is 22.5 Å². The van der Waals surface area contributed by atoms with E-state index in [4.69, 9.17) is 38.0 Å². The summed E-state index contributed by atoms with van der Waals surface area (Å²) >= 11 is 0. The molecule has 0 spiro atoms. The van der Waals surface area contributed by atoms with Crippen LogP contribution in [-0.4, -0.2) is 38.2 Å². The maximum Gasteiger partial charge on any atom is 0.306 e. The fourth-order valence-corrected chi connectivity index (χ4v) is 2.42. The number of hydrogen-bond donors (Lipinski definition) is 5. The average molecular weight is 527 g/mol. The van der Waals surface area contributed by atoms with Crippen LogP contribution in [0.5, 0.6) is 0 Å². The minimum absolute atomic E-state index is 0. The molecule has 208 valence electrons. The highest BCUT2D eigenvalue weighted by molar-refractivity contribution is 5.70. The molecule has 0 unspecified atom stereocenters. The van der Waals surface area contributed by atoms with Crippen molar-refractivity contribution in [2.75, 3.05) is 23.8 Å². The Balaban J connectivity index is 0. The van der Waals surface area contributed by atoms with Crippen molar-refractivity contribution in [3.8, 4) is 6.07 Å². The van der Waals surface area contributed by atoms with E-state index in [0.29, 0.717) is 42.0 Å². The van der Waals surface area contributed by atoms with Crippen LogP contribution in [0.2, 0.25) is 0 Å². The van der Waals surface area contributed by atoms with Crippen molar-refractivity contribution in [1.82, 2.24) is 15.0 Å². The van der Waals surface area contributed by atoms with Crippen molar-refractivity contribution < 1.29 is 14.6 Å². The first-order valence-electron chi connectivity index (χ1n) is 11.5. The number of rotatable bonds is 4. The van der Waals surface area contributed by atoms with Crippen LogP contribution in [0.25, 0.3) is 0 Å². The summed E-state index contributed by atoms with van der Waals surface area (Å²) in [5.41, 5.74) is 25.4. The first kappa shape index (κ1) is 35.9. The van der Waals surface area contributed by atoms with Gasteiger partial charge in [-0.1, -0.05) is 7.43 Å². The van der Waals surface area contributed by atoms with Gasteiger partial charge in [-0.05, 0) is 63.4 Å². The molecule has 3 aromatic rings. The zero-order valence-corrected chi connectivity index (χ0v) is 21.9. The smallest absolute Gasteiger partial charge is 0.306 e. The lowest BCUT2D eigenvalue weighted by Gasteiger charge is -2.19. The van der Waals surface area contributed by atoms with Gasteiger partial charge in [-0.3, -0.25) is 19.7 Å². The van der Waals surface area contributed by atoms with Gasteiger partial charge in [-0.15, -0.1) is 0 Å². The molecule has 11 nitrogen and oxygen atoms in total. The summed E-state index contributed by atoms with van der Waals surface area (Å²) in [4.78, 5) is 23.0. The maximum atomic E-state index is 11.4. The van der Waals surface area contributed by atoms with Gasteiger partial charge in [0.25, 0.3) is 0 Å². The number of aliphatic hydroxyl groups excluding tert-OH is 1. The third-order valence-electron chi connectivity index (χ3n) is 3.79. The number of nitrogens with zero attached hydrogens (tertiary/aromatic N) is 4. The number of carbonyl (C=O) groups excluding carboxylic acids is 1. The fraction of sp³-hybridized carbons (Fsp3) is 0.370. The standard InChI is InChI=1S/C12H18N2O2.C6H9N3.C6H5N3.C2H6O.CH4/c1-12(2,3)16-11(15)5-4-9-6-10(13)8-14-7-9;2*7-2-5-1-6(8)4-9-3-5;1-2-3;/h6-8H,4-5,13H2,1-3H3;1,3-4H,2,7-8H2;1,3-4H,8H2;3H,2H2,1H3;1H4. The summed E-state index contributed by atoms with van der Waals surface area (Å²) in [5, 5.41) is 15.9. The molecule has 11 heteroatoms. The normalized spacial score (nSPS) is 9.39. The Morgan fingerprint density at radius 2 is 1.37 bits per heavy atom. The lowest BCUT2D eigenvalue weighted by atomic mass is 10.1. The SMILES string of the molecule is C.CC(C)(C)OC(=O)CCc1cncc(N)c1.CCO.N#Cc1cncc(N)c1.NCc1cncc(N)c1. The molecule has 3 aromatic heterocycles. The number of ether oxygens (including phenoxy) is 1. The molecule has 38 heavy (non-hydrogen) atoms. The van der Waals surface area contributed by atoms with E-state index in [1.54, 1.807) is 37.8 Å². The quantitative estimate of drug-likeness (QED) is 0.311. The zero-order valence-electron chi connectivity index (χ0n) is 21.9. The van der Waals surface area contributed by atoms with Gasteiger partial charge in [0.2, 0.25) is 0 Å². The molecule has 0 bridgehead atoms. The predicted molar refractivity (Wildman–Crippen MR) is 152 cm³/mol. The van der Waals surface area contributed by atoms with Gasteiger partial charge in [0.1, 0.15) is 11.7 Å². The van der Waals surface area contributed by atoms with Crippen LogP contribution < -0.4 is 22.9 Å². The maximum absolute atomic E-state index is 11.4. The number of aryl methyl sites for hydroxylation is 1. The van der Waals surface area contributed by atoms with Crippen molar-refractivity contribution >= 4 is 23.0 Å². The lowest BCUT2D eigenvalue weighted by molar-refractivity contribution is -0.154. The highest BCUT2D eigenvalue weighted by Crippen LogP contribution is 2.11. The van der Waals surface area contributed by atoms with Crippen molar-refractivity contribution in [1.29, 1.82) is 5.26 Å². The Morgan fingerprint density at radius 1 is 0.921 bits per heavy atom. The number of hydrogen-bond acceptors (Lipinski definition) is 11. The monoisotopic (exact) mass is 526 g/mol. The lowest BCUT2D eigenvalue weighted by Crippen LogP contribution is -2.24. The van der Waals surface area contributed by atoms with Crippen LogP contribution in [0, 0.1) is 11.3 Å². The Labute approximate surface area is 225 Å². The number of nitrogen functional groups attached to an aromatic ring is 3. The summed E-state index contributed by atoms with van der Waals surface area (Å²) in [6.45, 7) is 7.99. The van der Waals surface area contributed by atoms with E-state index < -0.39 is 5.60 Å². The van der Waals surface area contributed by atoms with Gasteiger partial charge in [0.15, 0.2) is 0 Å². The number of aromatic nitrogens is 3. The Bertz CT molecular complexity index is 1110. The van der Waals surface area contributed by atoms with E-state index in [9.17, 15) is 4.79 Å². The van der Waals surface area contributed by atoms with Crippen LogP contribution in [0.1, 0.15) is 58.2 Å². The average Bonchev–Trinajstić information content (AvgIpc) is 2.83. The molecule has 3 heterocycles. The molecule has 0 atom stereocenters. The van der Waals surface area contributed by atoms with Crippen molar-refractivity contribution in [2.24, 2.45) is 5.73 Å². The molecule has 9 N–H and O–H groups in total. The van der Waals surface area contributed by atoms with Crippen LogP contribution >= 0.6 is 0 Å². The molecule has 0 amide bonds. The molecule has 0 aromatic carbocycles. The fourth-order valence-electron chi connectivity index (χ4n) is 2.42. The minimum Gasteiger partial charge on any atom is -0.460 e. The predicted octanol–water partition coefficient (Wildman–Crippen LogP) is 3.23. The topological polar surface area (TPSA) is 213 Å². The Morgan fingerprint density at radius 3 is 1.74 bits per heavy atom. The number of aliphatic hydroxyl groups is 1. The number of anilines is 3. The molecule has 0 aliphatic rings. The van der Waals surface area contributed by atoms with E-state index in [1.807, 2.05) is 39.0 Å². The van der Waals surface area contributed by atoms with Crippen molar-refractivity contribution in [2.45, 2.75) is 60.1 Å². The number of carbonyl (C=O) groups is 1. The zero-order chi connectivity index (χ0) is 28.3. The highest BCUT2D eigenvalue weighted by atomic mass is 16.6. The number of esters is 1. The molecule has 0 fully saturated rings. The largest absolute Gasteiger partial charge is 0.460 e. The second-order valence-electron chi connectivity index (χ2n) is 8.48. The van der Waals surface area contributed by atoms with Gasteiger partial charge in [0.05, 0.1) is 22.6 Å². The number of pyridine rings is 3. The first-order valence-corrected chi connectivity index (χ1v) is 11.5. The van der Waals surface area contributed by atoms with Crippen LogP contribution in [0.3, 0.4) is 0 Å². The summed E-state index contributed by atoms with van der Waals surface area (Å²) < 4.78 is 5.20. The van der Waals surface area contributed by atoms with Gasteiger partial charge in [0, 0.05) is 56.8 Å². The van der Waals surface area contributed by atoms with E-state index in [-0.39, 0.29) is 20.0 Å². The molecule has 0 aliphatic carbocycles. The molecular weight excluding hydrogens is 484 g/mol. The molecule has 0 saturated heterocycles. The van der Waals surface area contributed by atoms with Gasteiger partial charge in [-0.25, -0.2) is 0 Å². The highest BCUT2D eigenvalue weighted by Gasteiger charge is 2.15. The third kappa shape index (κ3) is 19.0. The summed E-state index contributed by atoms with van der Waals surface area (Å²) in [6.07, 6.45) is 10.5. The van der Waals surface area contributed by atoms with Gasteiger partial charge >= 0.3 is 5.97 Å². The Hall–Kier alpha value is -4.27. The number of nitriles is 1. The van der Waals surface area contributed by atoms with Gasteiger partial charge < -0.3 is 32.8 Å². The second kappa shape index (κ2) is 19.9. The van der Waals surface area contributed by atoms with E-state index in [1.165, 1.54) is 12.4 Å². The Kier molecular flexibility index (Phi) is 18.8. The summed E-state index contributed by atoms with van der Waals surface area (Å²) in [7, 11) is 0. The van der Waals surface area contributed by atoms with E-state index >= 15 is 0 Å². The van der Waals surface area contributed by atoms with Crippen LogP contribution in [0.15, 0.2) is 55.4 Å². The molecule has 3 rings (SSSR count). The molecule has 0 saturated carbocycles. The van der Waals surface area contributed by atoms with Gasteiger partial charge in [-0.2, -0.15) is 5.26 Å². The molecule has 0 aliphatic heterocycles. The molecule has 0 radical (unpaired) electrons.